The highest BCUT2D eigenvalue weighted by Crippen LogP contribution is 2.17. The van der Waals surface area contributed by atoms with Gasteiger partial charge in [-0.1, -0.05) is 30.3 Å². The Morgan fingerprint density at radius 1 is 1.33 bits per heavy atom. The normalized spacial score (nSPS) is 19.7. The molecule has 1 aliphatic heterocycles. The van der Waals surface area contributed by atoms with Crippen LogP contribution in [0, 0.1) is 5.92 Å². The van der Waals surface area contributed by atoms with Gasteiger partial charge in [0.25, 0.3) is 0 Å². The molecule has 1 heterocycles. The SMILES string of the molecule is O=C(CCC1CCCNC1)N[C@@H](C(=O)O)c1ccccc1. The van der Waals surface area contributed by atoms with Crippen molar-refractivity contribution in [3.8, 4) is 0 Å². The molecule has 0 radical (unpaired) electrons. The summed E-state index contributed by atoms with van der Waals surface area (Å²) in [6, 6.07) is 7.81. The summed E-state index contributed by atoms with van der Waals surface area (Å²) in [5.41, 5.74) is 0.595. The first kappa shape index (κ1) is 15.5. The zero-order valence-electron chi connectivity index (χ0n) is 12.0. The van der Waals surface area contributed by atoms with E-state index >= 15 is 0 Å². The summed E-state index contributed by atoms with van der Waals surface area (Å²) in [7, 11) is 0. The van der Waals surface area contributed by atoms with E-state index in [1.807, 2.05) is 6.07 Å². The third-order valence-electron chi connectivity index (χ3n) is 3.86. The molecule has 0 saturated carbocycles. The van der Waals surface area contributed by atoms with E-state index in [1.54, 1.807) is 24.3 Å². The minimum atomic E-state index is -1.03. The van der Waals surface area contributed by atoms with E-state index in [9.17, 15) is 14.7 Å². The molecule has 1 aromatic carbocycles. The van der Waals surface area contributed by atoms with Gasteiger partial charge in [0, 0.05) is 6.42 Å². The maximum atomic E-state index is 12.0. The highest BCUT2D eigenvalue weighted by atomic mass is 16.4. The monoisotopic (exact) mass is 290 g/mol. The lowest BCUT2D eigenvalue weighted by Crippen LogP contribution is -2.35. The van der Waals surface area contributed by atoms with Crippen molar-refractivity contribution in [2.75, 3.05) is 13.1 Å². The van der Waals surface area contributed by atoms with Gasteiger partial charge < -0.3 is 15.7 Å². The van der Waals surface area contributed by atoms with Gasteiger partial charge in [0.2, 0.25) is 5.91 Å². The zero-order chi connectivity index (χ0) is 15.1. The first-order valence-corrected chi connectivity index (χ1v) is 7.44. The Morgan fingerprint density at radius 3 is 2.71 bits per heavy atom. The molecule has 0 aromatic heterocycles. The lowest BCUT2D eigenvalue weighted by atomic mass is 9.94. The van der Waals surface area contributed by atoms with Crippen molar-refractivity contribution in [1.29, 1.82) is 0 Å². The molecule has 0 spiro atoms. The van der Waals surface area contributed by atoms with E-state index in [1.165, 1.54) is 0 Å². The summed E-state index contributed by atoms with van der Waals surface area (Å²) in [5, 5.41) is 15.2. The molecule has 1 aliphatic rings. The first-order chi connectivity index (χ1) is 10.2. The molecule has 1 amide bonds. The van der Waals surface area contributed by atoms with E-state index in [0.29, 0.717) is 17.9 Å². The van der Waals surface area contributed by atoms with E-state index in [4.69, 9.17) is 0 Å². The van der Waals surface area contributed by atoms with Gasteiger partial charge in [-0.25, -0.2) is 4.79 Å². The molecular formula is C16H22N2O3. The van der Waals surface area contributed by atoms with Crippen molar-refractivity contribution in [2.24, 2.45) is 5.92 Å². The summed E-state index contributed by atoms with van der Waals surface area (Å²) in [6.45, 7) is 2.01. The summed E-state index contributed by atoms with van der Waals surface area (Å²) < 4.78 is 0. The summed E-state index contributed by atoms with van der Waals surface area (Å²) in [4.78, 5) is 23.3. The number of carboxylic acid groups (broad SMARTS) is 1. The molecule has 5 nitrogen and oxygen atoms in total. The van der Waals surface area contributed by atoms with Crippen LogP contribution in [0.25, 0.3) is 0 Å². The second-order valence-corrected chi connectivity index (χ2v) is 5.50. The van der Waals surface area contributed by atoms with Crippen LogP contribution in [0.3, 0.4) is 0 Å². The first-order valence-electron chi connectivity index (χ1n) is 7.44. The third-order valence-corrected chi connectivity index (χ3v) is 3.86. The predicted octanol–water partition coefficient (Wildman–Crippen LogP) is 1.71. The van der Waals surface area contributed by atoms with Crippen LogP contribution in [0.1, 0.15) is 37.3 Å². The second-order valence-electron chi connectivity index (χ2n) is 5.50. The maximum absolute atomic E-state index is 12.0. The Morgan fingerprint density at radius 2 is 2.10 bits per heavy atom. The Hall–Kier alpha value is -1.88. The van der Waals surface area contributed by atoms with Crippen molar-refractivity contribution >= 4 is 11.9 Å². The van der Waals surface area contributed by atoms with E-state index in [-0.39, 0.29) is 5.91 Å². The van der Waals surface area contributed by atoms with Gasteiger partial charge in [0.1, 0.15) is 0 Å². The lowest BCUT2D eigenvalue weighted by molar-refractivity contribution is -0.142. The molecule has 1 fully saturated rings. The minimum absolute atomic E-state index is 0.197. The van der Waals surface area contributed by atoms with Crippen LogP contribution in [0.2, 0.25) is 0 Å². The number of hydrogen-bond acceptors (Lipinski definition) is 3. The minimum Gasteiger partial charge on any atom is -0.479 e. The van der Waals surface area contributed by atoms with Gasteiger partial charge in [-0.15, -0.1) is 0 Å². The second kappa shape index (κ2) is 7.78. The van der Waals surface area contributed by atoms with Gasteiger partial charge >= 0.3 is 5.97 Å². The molecule has 0 bridgehead atoms. The number of carbonyl (C=O) groups excluding carboxylic acids is 1. The van der Waals surface area contributed by atoms with E-state index in [0.717, 1.165) is 32.4 Å². The zero-order valence-corrected chi connectivity index (χ0v) is 12.0. The van der Waals surface area contributed by atoms with E-state index in [2.05, 4.69) is 10.6 Å². The Kier molecular flexibility index (Phi) is 5.75. The molecule has 21 heavy (non-hydrogen) atoms. The van der Waals surface area contributed by atoms with Crippen molar-refractivity contribution in [1.82, 2.24) is 10.6 Å². The molecule has 1 saturated heterocycles. The molecule has 2 rings (SSSR count). The number of carbonyl (C=O) groups is 2. The van der Waals surface area contributed by atoms with Gasteiger partial charge in [0.05, 0.1) is 0 Å². The standard InChI is InChI=1S/C16H22N2O3/c19-14(9-8-12-5-4-10-17-11-12)18-15(16(20)21)13-6-2-1-3-7-13/h1-3,6-7,12,15,17H,4-5,8-11H2,(H,18,19)(H,20,21)/t12?,15-/m1/s1. The summed E-state index contributed by atoms with van der Waals surface area (Å²) >= 11 is 0. The van der Waals surface area contributed by atoms with Crippen LogP contribution in [-0.4, -0.2) is 30.1 Å². The van der Waals surface area contributed by atoms with Gasteiger partial charge in [0.15, 0.2) is 6.04 Å². The predicted molar refractivity (Wildman–Crippen MR) is 79.8 cm³/mol. The van der Waals surface area contributed by atoms with Crippen molar-refractivity contribution in [3.63, 3.8) is 0 Å². The number of rotatable bonds is 6. The molecule has 114 valence electrons. The van der Waals surface area contributed by atoms with Crippen molar-refractivity contribution < 1.29 is 14.7 Å². The van der Waals surface area contributed by atoms with Crippen LogP contribution in [0.4, 0.5) is 0 Å². The van der Waals surface area contributed by atoms with Gasteiger partial charge in [-0.2, -0.15) is 0 Å². The Balaban J connectivity index is 1.85. The van der Waals surface area contributed by atoms with Gasteiger partial charge in [-0.3, -0.25) is 4.79 Å². The Labute approximate surface area is 124 Å². The van der Waals surface area contributed by atoms with Crippen LogP contribution in [0.5, 0.6) is 0 Å². The third kappa shape index (κ3) is 4.86. The topological polar surface area (TPSA) is 78.4 Å². The largest absolute Gasteiger partial charge is 0.479 e. The number of benzene rings is 1. The number of aliphatic carboxylic acids is 1. The summed E-state index contributed by atoms with van der Waals surface area (Å²) in [5.74, 6) is -0.713. The Bertz CT molecular complexity index is 470. The summed E-state index contributed by atoms with van der Waals surface area (Å²) in [6.07, 6.45) is 3.47. The average Bonchev–Trinajstić information content (AvgIpc) is 2.52. The van der Waals surface area contributed by atoms with Crippen LogP contribution in [-0.2, 0) is 9.59 Å². The smallest absolute Gasteiger partial charge is 0.330 e. The number of nitrogens with one attached hydrogen (secondary N) is 2. The lowest BCUT2D eigenvalue weighted by Gasteiger charge is -2.22. The molecule has 3 N–H and O–H groups in total. The molecule has 1 unspecified atom stereocenters. The quantitative estimate of drug-likeness (QED) is 0.745. The maximum Gasteiger partial charge on any atom is 0.330 e. The highest BCUT2D eigenvalue weighted by molar-refractivity contribution is 5.84. The van der Waals surface area contributed by atoms with Crippen molar-refractivity contribution in [2.45, 2.75) is 31.7 Å². The number of piperidine rings is 1. The molecule has 5 heteroatoms. The molecular weight excluding hydrogens is 268 g/mol. The molecule has 1 aromatic rings. The molecule has 0 aliphatic carbocycles. The number of carboxylic acids is 1. The van der Waals surface area contributed by atoms with Crippen LogP contribution < -0.4 is 10.6 Å². The fourth-order valence-corrected chi connectivity index (χ4v) is 2.67. The average molecular weight is 290 g/mol. The van der Waals surface area contributed by atoms with Gasteiger partial charge in [-0.05, 0) is 43.8 Å². The van der Waals surface area contributed by atoms with Crippen LogP contribution >= 0.6 is 0 Å². The van der Waals surface area contributed by atoms with E-state index < -0.39 is 12.0 Å². The fraction of sp³-hybridized carbons (Fsp3) is 0.500. The highest BCUT2D eigenvalue weighted by Gasteiger charge is 2.22. The van der Waals surface area contributed by atoms with Crippen molar-refractivity contribution in [3.05, 3.63) is 35.9 Å². The fourth-order valence-electron chi connectivity index (χ4n) is 2.67. The van der Waals surface area contributed by atoms with Crippen LogP contribution in [0.15, 0.2) is 30.3 Å². The number of amides is 1. The number of hydrogen-bond donors (Lipinski definition) is 3. The molecule has 2 atom stereocenters.